The number of hydrogen-bond donors (Lipinski definition) is 1. The summed E-state index contributed by atoms with van der Waals surface area (Å²) in [6.45, 7) is 8.11. The maximum absolute atomic E-state index is 12.9. The number of hydrogen-bond acceptors (Lipinski definition) is 6. The Balaban J connectivity index is 1.61. The summed E-state index contributed by atoms with van der Waals surface area (Å²) < 4.78 is 17.1. The van der Waals surface area contributed by atoms with Crippen LogP contribution in [0.15, 0.2) is 79.0 Å². The highest BCUT2D eigenvalue weighted by atomic mass is 35.5. The number of rotatable bonds is 12. The van der Waals surface area contributed by atoms with Crippen LogP contribution in [0.3, 0.4) is 0 Å². The van der Waals surface area contributed by atoms with Crippen molar-refractivity contribution in [3.05, 3.63) is 101 Å². The Bertz CT molecular complexity index is 1750. The molecule has 2 heterocycles. The van der Waals surface area contributed by atoms with Gasteiger partial charge in [-0.1, -0.05) is 54.9 Å². The number of para-hydroxylation sites is 1. The lowest BCUT2D eigenvalue weighted by Gasteiger charge is -2.26. The van der Waals surface area contributed by atoms with E-state index in [9.17, 15) is 9.59 Å². The normalized spacial score (nSPS) is 12.2. The van der Waals surface area contributed by atoms with E-state index >= 15 is 0 Å². The summed E-state index contributed by atoms with van der Waals surface area (Å²) in [6, 6.07) is 19.7. The molecule has 10 heteroatoms. The highest BCUT2D eigenvalue weighted by Crippen LogP contribution is 2.40. The smallest absolute Gasteiger partial charge is 0.410 e. The zero-order valence-corrected chi connectivity index (χ0v) is 28.9. The van der Waals surface area contributed by atoms with Crippen molar-refractivity contribution in [2.45, 2.75) is 39.7 Å². The van der Waals surface area contributed by atoms with Gasteiger partial charge in [-0.15, -0.1) is 0 Å². The molecule has 9 nitrogen and oxygen atoms in total. The van der Waals surface area contributed by atoms with Crippen molar-refractivity contribution in [1.82, 2.24) is 19.8 Å². The van der Waals surface area contributed by atoms with Gasteiger partial charge in [-0.05, 0) is 62.6 Å². The number of carbonyl (C=O) groups is 2. The van der Waals surface area contributed by atoms with Gasteiger partial charge in [0.2, 0.25) is 11.8 Å². The first-order chi connectivity index (χ1) is 22.4. The number of likely N-dealkylation sites (N-methyl/N-ethyl adjacent to an activating group) is 1. The average molecular weight is 659 g/mol. The number of aromatic nitrogens is 2. The number of fused-ring (bicyclic) bond motifs is 1. The van der Waals surface area contributed by atoms with Crippen molar-refractivity contribution >= 4 is 45.7 Å². The Hall–Kier alpha value is -4.76. The fourth-order valence-corrected chi connectivity index (χ4v) is 5.28. The fraction of sp³-hybridized carbons (Fsp3) is 0.324. The molecule has 0 spiro atoms. The third-order valence-corrected chi connectivity index (χ3v) is 7.67. The number of methoxy groups -OCH3 is 1. The fourth-order valence-electron chi connectivity index (χ4n) is 4.97. The molecular formula is C37H43ClN4O5. The lowest BCUT2D eigenvalue weighted by molar-refractivity contribution is -0.123. The van der Waals surface area contributed by atoms with Gasteiger partial charge in [0.25, 0.3) is 0 Å². The monoisotopic (exact) mass is 658 g/mol. The quantitative estimate of drug-likeness (QED) is 0.156. The maximum atomic E-state index is 12.9. The van der Waals surface area contributed by atoms with E-state index < -0.39 is 11.7 Å². The van der Waals surface area contributed by atoms with E-state index in [4.69, 9.17) is 25.8 Å². The summed E-state index contributed by atoms with van der Waals surface area (Å²) in [5.74, 6) is 0.991. The summed E-state index contributed by atoms with van der Waals surface area (Å²) in [5, 5.41) is 1.57. The topological polar surface area (TPSA) is 97.0 Å². The van der Waals surface area contributed by atoms with Crippen molar-refractivity contribution in [2.75, 3.05) is 40.9 Å². The number of aromatic amines is 1. The Morgan fingerprint density at radius 1 is 1.02 bits per heavy atom. The van der Waals surface area contributed by atoms with E-state index in [1.165, 1.54) is 15.9 Å². The average Bonchev–Trinajstić information content (AvgIpc) is 3.37. The van der Waals surface area contributed by atoms with Gasteiger partial charge < -0.3 is 29.0 Å². The number of ether oxygens (including phenoxy) is 3. The Labute approximate surface area is 281 Å². The van der Waals surface area contributed by atoms with Gasteiger partial charge in [0, 0.05) is 61.0 Å². The molecule has 0 aliphatic rings. The molecular weight excluding hydrogens is 616 g/mol. The largest absolute Gasteiger partial charge is 0.497 e. The van der Waals surface area contributed by atoms with Gasteiger partial charge >= 0.3 is 6.09 Å². The molecule has 0 radical (unpaired) electrons. The molecule has 1 N–H and O–H groups in total. The van der Waals surface area contributed by atoms with Gasteiger partial charge in [0.05, 0.1) is 24.4 Å². The van der Waals surface area contributed by atoms with Crippen molar-refractivity contribution < 1.29 is 23.8 Å². The number of halogens is 1. The third-order valence-electron chi connectivity index (χ3n) is 7.28. The van der Waals surface area contributed by atoms with Crippen molar-refractivity contribution in [3.63, 3.8) is 0 Å². The van der Waals surface area contributed by atoms with Crippen LogP contribution in [0, 0.1) is 0 Å². The van der Waals surface area contributed by atoms with Gasteiger partial charge in [-0.25, -0.2) is 9.78 Å². The first-order valence-corrected chi connectivity index (χ1v) is 15.9. The maximum Gasteiger partial charge on any atom is 0.410 e. The molecule has 248 valence electrons. The van der Waals surface area contributed by atoms with Crippen LogP contribution in [0.4, 0.5) is 4.79 Å². The van der Waals surface area contributed by atoms with Crippen molar-refractivity contribution in [3.8, 4) is 11.6 Å². The predicted molar refractivity (Wildman–Crippen MR) is 188 cm³/mol. The Morgan fingerprint density at radius 3 is 2.43 bits per heavy atom. The second-order valence-electron chi connectivity index (χ2n) is 12.1. The molecule has 0 unspecified atom stereocenters. The molecule has 0 aliphatic heterocycles. The summed E-state index contributed by atoms with van der Waals surface area (Å²) in [5.41, 5.74) is 4.94. The Kier molecular flexibility index (Phi) is 11.7. The van der Waals surface area contributed by atoms with Crippen LogP contribution in [0.5, 0.6) is 11.6 Å². The van der Waals surface area contributed by atoms with Crippen LogP contribution in [0.2, 0.25) is 5.02 Å². The van der Waals surface area contributed by atoms with E-state index in [1.54, 1.807) is 60.3 Å². The van der Waals surface area contributed by atoms with Crippen LogP contribution in [0.1, 0.15) is 50.9 Å². The minimum Gasteiger partial charge on any atom is -0.497 e. The van der Waals surface area contributed by atoms with Gasteiger partial charge in [-0.3, -0.25) is 4.79 Å². The van der Waals surface area contributed by atoms with E-state index in [-0.39, 0.29) is 25.6 Å². The molecule has 0 bridgehead atoms. The molecule has 2 amide bonds. The molecule has 4 aromatic rings. The first-order valence-electron chi connectivity index (χ1n) is 15.5. The van der Waals surface area contributed by atoms with Crippen LogP contribution in [0.25, 0.3) is 22.0 Å². The number of benzene rings is 2. The lowest BCUT2D eigenvalue weighted by Crippen LogP contribution is -2.39. The number of allylic oxidation sites excluding steroid dienone is 1. The SMILES string of the molecule is CC/C(=C(/c1ccc(OCCN(C/C=C/C(=O)N(C)C)C(=O)OC(C)(C)C)nc1)c1[nH]c2ccccc2c1Cl)c1cccc(OC)c1. The van der Waals surface area contributed by atoms with E-state index in [0.29, 0.717) is 10.9 Å². The van der Waals surface area contributed by atoms with Crippen LogP contribution in [-0.2, 0) is 9.53 Å². The van der Waals surface area contributed by atoms with Crippen LogP contribution in [-0.4, -0.2) is 78.3 Å². The van der Waals surface area contributed by atoms with Crippen LogP contribution < -0.4 is 9.47 Å². The predicted octanol–water partition coefficient (Wildman–Crippen LogP) is 7.85. The zero-order chi connectivity index (χ0) is 34.1. The third kappa shape index (κ3) is 9.16. The highest BCUT2D eigenvalue weighted by Gasteiger charge is 2.23. The van der Waals surface area contributed by atoms with Gasteiger partial charge in [0.1, 0.15) is 18.0 Å². The number of nitrogens with one attached hydrogen (secondary N) is 1. The van der Waals surface area contributed by atoms with E-state index in [1.807, 2.05) is 48.5 Å². The number of pyridine rings is 1. The Morgan fingerprint density at radius 2 is 1.79 bits per heavy atom. The second-order valence-corrected chi connectivity index (χ2v) is 12.5. The molecule has 2 aromatic carbocycles. The van der Waals surface area contributed by atoms with Gasteiger partial charge in [0.15, 0.2) is 0 Å². The molecule has 0 saturated carbocycles. The number of carbonyl (C=O) groups excluding carboxylic acids is 2. The molecule has 4 rings (SSSR count). The summed E-state index contributed by atoms with van der Waals surface area (Å²) in [4.78, 5) is 36.0. The summed E-state index contributed by atoms with van der Waals surface area (Å²) in [7, 11) is 4.99. The molecule has 0 fully saturated rings. The van der Waals surface area contributed by atoms with Crippen LogP contribution >= 0.6 is 11.6 Å². The molecule has 0 saturated heterocycles. The zero-order valence-electron chi connectivity index (χ0n) is 28.1. The second kappa shape index (κ2) is 15.7. The summed E-state index contributed by atoms with van der Waals surface area (Å²) >= 11 is 7.01. The lowest BCUT2D eigenvalue weighted by atomic mass is 9.91. The van der Waals surface area contributed by atoms with E-state index in [2.05, 4.69) is 23.0 Å². The minimum atomic E-state index is -0.669. The molecule has 47 heavy (non-hydrogen) atoms. The molecule has 2 aromatic heterocycles. The molecule has 0 aliphatic carbocycles. The number of H-pyrrole nitrogens is 1. The number of amides is 2. The van der Waals surface area contributed by atoms with Crippen molar-refractivity contribution in [2.24, 2.45) is 0 Å². The van der Waals surface area contributed by atoms with E-state index in [0.717, 1.165) is 51.0 Å². The highest BCUT2D eigenvalue weighted by molar-refractivity contribution is 6.38. The standard InChI is InChI=1S/C37H43ClN4O5/c1-8-28(25-13-11-14-27(23-25)45-7)33(35-34(38)29-15-9-10-16-30(29)40-35)26-18-19-31(39-24-26)46-22-21-42(36(44)47-37(2,3)4)20-12-17-32(43)41(5)6/h9-19,23-24,40H,8,20-22H2,1-7H3/b17-12+,33-28+. The van der Waals surface area contributed by atoms with Crippen molar-refractivity contribution in [1.29, 1.82) is 0 Å². The first kappa shape index (κ1) is 35.1. The molecule has 0 atom stereocenters. The summed E-state index contributed by atoms with van der Waals surface area (Å²) in [6.07, 6.45) is 5.06. The minimum absolute atomic E-state index is 0.168. The number of nitrogens with zero attached hydrogens (tertiary/aromatic N) is 3. The van der Waals surface area contributed by atoms with Gasteiger partial charge in [-0.2, -0.15) is 0 Å².